The average Bonchev–Trinajstić information content (AvgIpc) is 2.42. The predicted octanol–water partition coefficient (Wildman–Crippen LogP) is 0.677. The van der Waals surface area contributed by atoms with Crippen LogP contribution in [0, 0.1) is 11.6 Å². The maximum atomic E-state index is 13.4. The lowest BCUT2D eigenvalue weighted by atomic mass is 10.2. The van der Waals surface area contributed by atoms with Gasteiger partial charge in [0.15, 0.2) is 0 Å². The minimum Gasteiger partial charge on any atom is -0.332 e. The second-order valence-corrected chi connectivity index (χ2v) is 4.67. The van der Waals surface area contributed by atoms with Crippen LogP contribution in [0.1, 0.15) is 0 Å². The summed E-state index contributed by atoms with van der Waals surface area (Å²) in [5.74, 6) is -3.28. The van der Waals surface area contributed by atoms with Gasteiger partial charge in [-0.25, -0.2) is 8.78 Å². The molecule has 1 saturated heterocycles. The van der Waals surface area contributed by atoms with Crippen molar-refractivity contribution < 1.29 is 18.4 Å². The highest BCUT2D eigenvalue weighted by atomic mass is 19.1. The summed E-state index contributed by atoms with van der Waals surface area (Å²) in [5, 5.41) is 2.16. The van der Waals surface area contributed by atoms with Gasteiger partial charge < -0.3 is 15.1 Å². The number of carbonyl (C=O) groups is 2. The fourth-order valence-corrected chi connectivity index (χ4v) is 1.92. The van der Waals surface area contributed by atoms with Crippen molar-refractivity contribution in [3.8, 4) is 0 Å². The normalized spacial score (nSPS) is 16.1. The molecule has 0 atom stereocenters. The number of amides is 2. The summed E-state index contributed by atoms with van der Waals surface area (Å²) >= 11 is 0. The summed E-state index contributed by atoms with van der Waals surface area (Å²) in [7, 11) is 1.93. The molecule has 1 heterocycles. The van der Waals surface area contributed by atoms with Gasteiger partial charge in [-0.1, -0.05) is 0 Å². The topological polar surface area (TPSA) is 52.7 Å². The highest BCUT2D eigenvalue weighted by Crippen LogP contribution is 2.15. The maximum absolute atomic E-state index is 13.4. The fraction of sp³-hybridized carbons (Fsp3) is 0.385. The molecule has 5 nitrogen and oxygen atoms in total. The summed E-state index contributed by atoms with van der Waals surface area (Å²) in [4.78, 5) is 27.1. The first-order chi connectivity index (χ1) is 9.47. The van der Waals surface area contributed by atoms with E-state index in [2.05, 4.69) is 5.32 Å². The molecular formula is C13H15F2N3O2. The van der Waals surface area contributed by atoms with E-state index < -0.39 is 23.4 Å². The molecule has 1 aromatic rings. The molecule has 1 aromatic carbocycles. The zero-order valence-corrected chi connectivity index (χ0v) is 11.0. The Balaban J connectivity index is 1.99. The van der Waals surface area contributed by atoms with Gasteiger partial charge >= 0.3 is 11.8 Å². The number of nitrogens with one attached hydrogen (secondary N) is 1. The van der Waals surface area contributed by atoms with E-state index in [0.717, 1.165) is 12.1 Å². The third-order valence-electron chi connectivity index (χ3n) is 3.16. The Hall–Kier alpha value is -2.02. The molecular weight excluding hydrogens is 268 g/mol. The third kappa shape index (κ3) is 3.30. The third-order valence-corrected chi connectivity index (χ3v) is 3.16. The lowest BCUT2D eigenvalue weighted by molar-refractivity contribution is -0.144. The van der Waals surface area contributed by atoms with Crippen molar-refractivity contribution in [2.75, 3.05) is 38.5 Å². The predicted molar refractivity (Wildman–Crippen MR) is 69.1 cm³/mol. The van der Waals surface area contributed by atoms with E-state index in [1.807, 2.05) is 11.9 Å². The van der Waals surface area contributed by atoms with E-state index in [-0.39, 0.29) is 5.69 Å². The van der Waals surface area contributed by atoms with Crippen molar-refractivity contribution in [2.45, 2.75) is 0 Å². The molecule has 108 valence electrons. The fourth-order valence-electron chi connectivity index (χ4n) is 1.92. The number of hydrogen-bond acceptors (Lipinski definition) is 3. The Kier molecular flexibility index (Phi) is 4.29. The SMILES string of the molecule is CN1CCN(C(=O)C(=O)Nc2ccc(F)cc2F)CC1. The highest BCUT2D eigenvalue weighted by Gasteiger charge is 2.25. The van der Waals surface area contributed by atoms with E-state index in [1.54, 1.807) is 0 Å². The molecule has 1 aliphatic heterocycles. The average molecular weight is 283 g/mol. The van der Waals surface area contributed by atoms with E-state index >= 15 is 0 Å². The van der Waals surface area contributed by atoms with Gasteiger partial charge in [0.1, 0.15) is 11.6 Å². The summed E-state index contributed by atoms with van der Waals surface area (Å²) in [6.07, 6.45) is 0. The molecule has 2 amide bonds. The minimum absolute atomic E-state index is 0.209. The number of piperazine rings is 1. The molecule has 7 heteroatoms. The summed E-state index contributed by atoms with van der Waals surface area (Å²) in [5.41, 5.74) is -0.209. The van der Waals surface area contributed by atoms with Crippen LogP contribution >= 0.6 is 0 Å². The molecule has 1 aliphatic rings. The minimum atomic E-state index is -0.917. The van der Waals surface area contributed by atoms with Crippen LogP contribution in [0.3, 0.4) is 0 Å². The van der Waals surface area contributed by atoms with Crippen LogP contribution in [0.2, 0.25) is 0 Å². The zero-order valence-electron chi connectivity index (χ0n) is 11.0. The molecule has 1 fully saturated rings. The molecule has 0 spiro atoms. The molecule has 0 saturated carbocycles. The first kappa shape index (κ1) is 14.4. The van der Waals surface area contributed by atoms with Gasteiger partial charge in [-0.3, -0.25) is 9.59 Å². The molecule has 0 radical (unpaired) electrons. The molecule has 1 N–H and O–H groups in total. The maximum Gasteiger partial charge on any atom is 0.313 e. The van der Waals surface area contributed by atoms with Crippen molar-refractivity contribution in [2.24, 2.45) is 0 Å². The monoisotopic (exact) mass is 283 g/mol. The lowest BCUT2D eigenvalue weighted by Crippen LogP contribution is -2.50. The molecule has 0 aromatic heterocycles. The van der Waals surface area contributed by atoms with E-state index in [9.17, 15) is 18.4 Å². The van der Waals surface area contributed by atoms with Gasteiger partial charge in [-0.15, -0.1) is 0 Å². The molecule has 0 bridgehead atoms. The smallest absolute Gasteiger partial charge is 0.313 e. The van der Waals surface area contributed by atoms with Gasteiger partial charge in [0.2, 0.25) is 0 Å². The van der Waals surface area contributed by atoms with Gasteiger partial charge in [0.25, 0.3) is 0 Å². The van der Waals surface area contributed by atoms with Crippen molar-refractivity contribution in [1.82, 2.24) is 9.80 Å². The van der Waals surface area contributed by atoms with Crippen molar-refractivity contribution in [3.05, 3.63) is 29.8 Å². The molecule has 2 rings (SSSR count). The Labute approximate surface area is 115 Å². The van der Waals surface area contributed by atoms with Crippen LogP contribution < -0.4 is 5.32 Å². The lowest BCUT2D eigenvalue weighted by Gasteiger charge is -2.31. The number of nitrogens with zero attached hydrogens (tertiary/aromatic N) is 2. The number of hydrogen-bond donors (Lipinski definition) is 1. The first-order valence-corrected chi connectivity index (χ1v) is 6.21. The van der Waals surface area contributed by atoms with Crippen LogP contribution in [0.5, 0.6) is 0 Å². The number of likely N-dealkylation sites (N-methyl/N-ethyl adjacent to an activating group) is 1. The number of anilines is 1. The molecule has 0 unspecified atom stereocenters. The van der Waals surface area contributed by atoms with Crippen molar-refractivity contribution in [3.63, 3.8) is 0 Å². The first-order valence-electron chi connectivity index (χ1n) is 6.21. The van der Waals surface area contributed by atoms with Gasteiger partial charge in [0.05, 0.1) is 5.69 Å². The van der Waals surface area contributed by atoms with E-state index in [0.29, 0.717) is 32.2 Å². The second kappa shape index (κ2) is 5.96. The standard InChI is InChI=1S/C13H15F2N3O2/c1-17-4-6-18(7-5-17)13(20)12(19)16-11-3-2-9(14)8-10(11)15/h2-3,8H,4-7H2,1H3,(H,16,19). The van der Waals surface area contributed by atoms with Gasteiger partial charge in [0, 0.05) is 32.2 Å². The summed E-state index contributed by atoms with van der Waals surface area (Å²) in [6.45, 7) is 2.27. The molecule has 0 aliphatic carbocycles. The van der Waals surface area contributed by atoms with Crippen molar-refractivity contribution in [1.29, 1.82) is 0 Å². The number of carbonyl (C=O) groups excluding carboxylic acids is 2. The van der Waals surface area contributed by atoms with Gasteiger partial charge in [-0.05, 0) is 19.2 Å². The van der Waals surface area contributed by atoms with E-state index in [4.69, 9.17) is 0 Å². The largest absolute Gasteiger partial charge is 0.332 e. The van der Waals surface area contributed by atoms with Crippen LogP contribution in [0.25, 0.3) is 0 Å². The Bertz CT molecular complexity index is 528. The van der Waals surface area contributed by atoms with Gasteiger partial charge in [-0.2, -0.15) is 0 Å². The summed E-state index contributed by atoms with van der Waals surface area (Å²) < 4.78 is 26.1. The van der Waals surface area contributed by atoms with Crippen LogP contribution in [0.4, 0.5) is 14.5 Å². The quantitative estimate of drug-likeness (QED) is 0.771. The Morgan fingerprint density at radius 2 is 1.80 bits per heavy atom. The molecule has 20 heavy (non-hydrogen) atoms. The van der Waals surface area contributed by atoms with Crippen LogP contribution in [-0.2, 0) is 9.59 Å². The van der Waals surface area contributed by atoms with Crippen LogP contribution in [0.15, 0.2) is 18.2 Å². The second-order valence-electron chi connectivity index (χ2n) is 4.67. The number of halogens is 2. The Morgan fingerprint density at radius 3 is 2.40 bits per heavy atom. The summed E-state index contributed by atoms with van der Waals surface area (Å²) in [6, 6.07) is 2.74. The van der Waals surface area contributed by atoms with Crippen molar-refractivity contribution >= 4 is 17.5 Å². The highest BCUT2D eigenvalue weighted by molar-refractivity contribution is 6.39. The number of rotatable bonds is 1. The number of benzene rings is 1. The van der Waals surface area contributed by atoms with E-state index in [1.165, 1.54) is 4.90 Å². The van der Waals surface area contributed by atoms with Crippen LogP contribution in [-0.4, -0.2) is 54.8 Å². The zero-order chi connectivity index (χ0) is 14.7. The Morgan fingerprint density at radius 1 is 1.15 bits per heavy atom.